The number of hydrogen-bond acceptors (Lipinski definition) is 3. The molecule has 1 aromatic rings. The second-order valence-corrected chi connectivity index (χ2v) is 3.26. The van der Waals surface area contributed by atoms with Crippen molar-refractivity contribution in [2.75, 3.05) is 31.0 Å². The third-order valence-corrected chi connectivity index (χ3v) is 1.98. The molecule has 0 bridgehead atoms. The van der Waals surface area contributed by atoms with Gasteiger partial charge in [0.05, 0.1) is 6.61 Å². The van der Waals surface area contributed by atoms with Crippen molar-refractivity contribution in [3.05, 3.63) is 18.2 Å². The summed E-state index contributed by atoms with van der Waals surface area (Å²) in [6.45, 7) is 3.36. The molecular formula is C10H15ClN2O. The van der Waals surface area contributed by atoms with Crippen LogP contribution in [0.5, 0.6) is 5.88 Å². The van der Waals surface area contributed by atoms with Crippen LogP contribution in [-0.4, -0.2) is 31.1 Å². The molecule has 1 rings (SSSR count). The van der Waals surface area contributed by atoms with Crippen LogP contribution in [0.2, 0.25) is 0 Å². The summed E-state index contributed by atoms with van der Waals surface area (Å²) in [5, 5.41) is 0. The Kier molecular flexibility index (Phi) is 4.53. The molecule has 0 aliphatic carbocycles. The van der Waals surface area contributed by atoms with Gasteiger partial charge in [0.15, 0.2) is 0 Å². The minimum absolute atomic E-state index is 0.594. The number of anilines is 1. The van der Waals surface area contributed by atoms with E-state index in [2.05, 4.69) is 4.98 Å². The molecule has 0 spiro atoms. The summed E-state index contributed by atoms with van der Waals surface area (Å²) in [5.41, 5.74) is 0. The molecule has 0 fully saturated rings. The van der Waals surface area contributed by atoms with Crippen molar-refractivity contribution in [1.29, 1.82) is 0 Å². The second-order valence-electron chi connectivity index (χ2n) is 2.88. The van der Waals surface area contributed by atoms with Crippen molar-refractivity contribution in [2.45, 2.75) is 6.92 Å². The van der Waals surface area contributed by atoms with E-state index in [1.54, 1.807) is 0 Å². The third-order valence-electron chi connectivity index (χ3n) is 1.81. The van der Waals surface area contributed by atoms with Crippen molar-refractivity contribution in [3.8, 4) is 5.88 Å². The lowest BCUT2D eigenvalue weighted by molar-refractivity contribution is 0.327. The van der Waals surface area contributed by atoms with Gasteiger partial charge in [-0.25, -0.2) is 0 Å². The van der Waals surface area contributed by atoms with E-state index in [4.69, 9.17) is 16.3 Å². The molecule has 4 heteroatoms. The highest BCUT2D eigenvalue weighted by atomic mass is 35.5. The number of alkyl halides is 1. The largest absolute Gasteiger partial charge is 0.478 e. The Hall–Kier alpha value is -0.960. The smallest absolute Gasteiger partial charge is 0.215 e. The minimum atomic E-state index is 0.594. The summed E-state index contributed by atoms with van der Waals surface area (Å²) < 4.78 is 5.30. The third kappa shape index (κ3) is 3.07. The molecule has 0 atom stereocenters. The van der Waals surface area contributed by atoms with E-state index in [9.17, 15) is 0 Å². The van der Waals surface area contributed by atoms with Crippen LogP contribution in [0.25, 0.3) is 0 Å². The van der Waals surface area contributed by atoms with Crippen molar-refractivity contribution in [1.82, 2.24) is 4.98 Å². The number of pyridine rings is 1. The van der Waals surface area contributed by atoms with Gasteiger partial charge in [-0.05, 0) is 13.0 Å². The van der Waals surface area contributed by atoms with Gasteiger partial charge in [0, 0.05) is 25.5 Å². The molecule has 78 valence electrons. The zero-order valence-electron chi connectivity index (χ0n) is 8.53. The Labute approximate surface area is 89.7 Å². The van der Waals surface area contributed by atoms with Gasteiger partial charge >= 0.3 is 0 Å². The van der Waals surface area contributed by atoms with Crippen molar-refractivity contribution >= 4 is 17.4 Å². The van der Waals surface area contributed by atoms with E-state index in [1.807, 2.05) is 37.1 Å². The van der Waals surface area contributed by atoms with Gasteiger partial charge in [-0.3, -0.25) is 0 Å². The van der Waals surface area contributed by atoms with E-state index < -0.39 is 0 Å². The van der Waals surface area contributed by atoms with Gasteiger partial charge in [-0.1, -0.05) is 6.07 Å². The van der Waals surface area contributed by atoms with Crippen LogP contribution in [0.1, 0.15) is 6.92 Å². The predicted octanol–water partition coefficient (Wildman–Crippen LogP) is 2.16. The van der Waals surface area contributed by atoms with Crippen molar-refractivity contribution in [3.63, 3.8) is 0 Å². The molecule has 0 aliphatic heterocycles. The molecule has 0 unspecified atom stereocenters. The normalized spacial score (nSPS) is 9.93. The first-order valence-corrected chi connectivity index (χ1v) is 5.18. The zero-order valence-corrected chi connectivity index (χ0v) is 9.29. The summed E-state index contributed by atoms with van der Waals surface area (Å²) in [6, 6.07) is 5.72. The maximum Gasteiger partial charge on any atom is 0.215 e. The standard InChI is InChI=1S/C10H15ClN2O/c1-3-14-10-6-4-5-9(12-10)13(2)8-7-11/h4-6H,3,7-8H2,1-2H3. The minimum Gasteiger partial charge on any atom is -0.478 e. The van der Waals surface area contributed by atoms with E-state index in [0.717, 1.165) is 12.4 Å². The van der Waals surface area contributed by atoms with Crippen LogP contribution in [0.4, 0.5) is 5.82 Å². The Morgan fingerprint density at radius 2 is 2.29 bits per heavy atom. The average molecular weight is 215 g/mol. The van der Waals surface area contributed by atoms with E-state index >= 15 is 0 Å². The summed E-state index contributed by atoms with van der Waals surface area (Å²) in [5.74, 6) is 2.14. The first-order chi connectivity index (χ1) is 6.77. The SMILES string of the molecule is CCOc1cccc(N(C)CCCl)n1. The van der Waals surface area contributed by atoms with Crippen molar-refractivity contribution < 1.29 is 4.74 Å². The number of rotatable bonds is 5. The molecule has 0 saturated carbocycles. The lowest BCUT2D eigenvalue weighted by Gasteiger charge is -2.16. The molecule has 14 heavy (non-hydrogen) atoms. The number of aromatic nitrogens is 1. The topological polar surface area (TPSA) is 25.4 Å². The average Bonchev–Trinajstić information content (AvgIpc) is 2.19. The quantitative estimate of drug-likeness (QED) is 0.703. The van der Waals surface area contributed by atoms with Crippen LogP contribution in [0.3, 0.4) is 0 Å². The highest BCUT2D eigenvalue weighted by Gasteiger charge is 2.02. The second kappa shape index (κ2) is 5.70. The number of ether oxygens (including phenoxy) is 1. The maximum atomic E-state index is 5.65. The molecule has 0 saturated heterocycles. The first kappa shape index (κ1) is 11.1. The summed E-state index contributed by atoms with van der Waals surface area (Å²) in [7, 11) is 1.96. The van der Waals surface area contributed by atoms with Crippen LogP contribution in [-0.2, 0) is 0 Å². The molecule has 0 aromatic carbocycles. The maximum absolute atomic E-state index is 5.65. The highest BCUT2D eigenvalue weighted by molar-refractivity contribution is 6.18. The van der Waals surface area contributed by atoms with Gasteiger partial charge in [-0.2, -0.15) is 4.98 Å². The Bertz CT molecular complexity index is 281. The van der Waals surface area contributed by atoms with Crippen LogP contribution < -0.4 is 9.64 Å². The number of nitrogens with zero attached hydrogens (tertiary/aromatic N) is 2. The lowest BCUT2D eigenvalue weighted by Crippen LogP contribution is -2.20. The fourth-order valence-electron chi connectivity index (χ4n) is 1.09. The van der Waals surface area contributed by atoms with Crippen LogP contribution in [0, 0.1) is 0 Å². The Morgan fingerprint density at radius 1 is 1.50 bits per heavy atom. The fourth-order valence-corrected chi connectivity index (χ4v) is 1.34. The Balaban J connectivity index is 2.71. The molecular weight excluding hydrogens is 200 g/mol. The van der Waals surface area contributed by atoms with Crippen LogP contribution >= 0.6 is 11.6 Å². The molecule has 1 aromatic heterocycles. The molecule has 3 nitrogen and oxygen atoms in total. The van der Waals surface area contributed by atoms with Gasteiger partial charge in [-0.15, -0.1) is 11.6 Å². The summed E-state index contributed by atoms with van der Waals surface area (Å²) >= 11 is 5.65. The van der Waals surface area contributed by atoms with Crippen molar-refractivity contribution in [2.24, 2.45) is 0 Å². The molecule has 1 heterocycles. The predicted molar refractivity (Wildman–Crippen MR) is 59.4 cm³/mol. The lowest BCUT2D eigenvalue weighted by atomic mass is 10.4. The van der Waals surface area contributed by atoms with Gasteiger partial charge in [0.2, 0.25) is 5.88 Å². The molecule has 0 aliphatic rings. The zero-order chi connectivity index (χ0) is 10.4. The van der Waals surface area contributed by atoms with Crippen LogP contribution in [0.15, 0.2) is 18.2 Å². The van der Waals surface area contributed by atoms with Gasteiger partial charge < -0.3 is 9.64 Å². The molecule has 0 N–H and O–H groups in total. The highest BCUT2D eigenvalue weighted by Crippen LogP contribution is 2.14. The van der Waals surface area contributed by atoms with Gasteiger partial charge in [0.1, 0.15) is 5.82 Å². The number of hydrogen-bond donors (Lipinski definition) is 0. The summed E-state index contributed by atoms with van der Waals surface area (Å²) in [4.78, 5) is 6.32. The monoisotopic (exact) mass is 214 g/mol. The number of halogens is 1. The fraction of sp³-hybridized carbons (Fsp3) is 0.500. The van der Waals surface area contributed by atoms with E-state index in [-0.39, 0.29) is 0 Å². The summed E-state index contributed by atoms with van der Waals surface area (Å²) in [6.07, 6.45) is 0. The molecule has 0 amide bonds. The molecule has 0 radical (unpaired) electrons. The van der Waals surface area contributed by atoms with Gasteiger partial charge in [0.25, 0.3) is 0 Å². The van der Waals surface area contributed by atoms with E-state index in [0.29, 0.717) is 18.4 Å². The first-order valence-electron chi connectivity index (χ1n) is 4.65. The Morgan fingerprint density at radius 3 is 2.93 bits per heavy atom. The van der Waals surface area contributed by atoms with E-state index in [1.165, 1.54) is 0 Å².